The third-order valence-electron chi connectivity index (χ3n) is 3.24. The molecule has 7 heteroatoms. The number of amides is 1. The minimum atomic E-state index is -3.91. The summed E-state index contributed by atoms with van der Waals surface area (Å²) in [5, 5.41) is 7.96. The summed E-state index contributed by atoms with van der Waals surface area (Å²) in [5.41, 5.74) is 0.695. The summed E-state index contributed by atoms with van der Waals surface area (Å²) in [6, 6.07) is 4.39. The topological polar surface area (TPSA) is 98.5 Å². The molecule has 0 fully saturated rings. The van der Waals surface area contributed by atoms with E-state index in [1.807, 2.05) is 13.8 Å². The fraction of sp³-hybridized carbons (Fsp3) is 0.500. The molecular weight excluding hydrogens is 292 g/mol. The van der Waals surface area contributed by atoms with Gasteiger partial charge in [-0.15, -0.1) is 0 Å². The van der Waals surface area contributed by atoms with E-state index in [-0.39, 0.29) is 23.0 Å². The van der Waals surface area contributed by atoms with Crippen molar-refractivity contribution in [3.63, 3.8) is 0 Å². The van der Waals surface area contributed by atoms with Crippen LogP contribution < -0.4 is 10.5 Å². The number of primary sulfonamides is 1. The molecule has 0 aliphatic heterocycles. The molecule has 1 rings (SSSR count). The van der Waals surface area contributed by atoms with E-state index in [0.717, 1.165) is 6.42 Å². The highest BCUT2D eigenvalue weighted by molar-refractivity contribution is 7.89. The van der Waals surface area contributed by atoms with Crippen molar-refractivity contribution >= 4 is 15.9 Å². The number of ether oxygens (including phenoxy) is 1. The molecule has 6 nitrogen and oxygen atoms in total. The standard InChI is InChI=1S/C14H22N2O4S/c1-4-10(2)8-16-14(17)11-5-6-12(9-20-3)13(7-11)21(15,18)19/h5-7,10H,4,8-9H2,1-3H3,(H,16,17)(H2,15,18,19). The van der Waals surface area contributed by atoms with Crippen LogP contribution in [0.5, 0.6) is 0 Å². The van der Waals surface area contributed by atoms with Gasteiger partial charge in [0.1, 0.15) is 0 Å². The maximum atomic E-state index is 12.0. The van der Waals surface area contributed by atoms with Crippen LogP contribution in [-0.2, 0) is 21.4 Å². The van der Waals surface area contributed by atoms with Gasteiger partial charge in [0.05, 0.1) is 11.5 Å². The zero-order chi connectivity index (χ0) is 16.0. The summed E-state index contributed by atoms with van der Waals surface area (Å²) in [6.45, 7) is 4.72. The molecule has 0 bridgehead atoms. The molecule has 1 atom stereocenters. The van der Waals surface area contributed by atoms with Gasteiger partial charge in [-0.2, -0.15) is 0 Å². The smallest absolute Gasteiger partial charge is 0.251 e. The lowest BCUT2D eigenvalue weighted by molar-refractivity contribution is 0.0947. The van der Waals surface area contributed by atoms with E-state index in [0.29, 0.717) is 18.0 Å². The van der Waals surface area contributed by atoms with Crippen LogP contribution in [0.1, 0.15) is 36.2 Å². The average Bonchev–Trinajstić information content (AvgIpc) is 2.43. The summed E-state index contributed by atoms with van der Waals surface area (Å²) >= 11 is 0. The van der Waals surface area contributed by atoms with Crippen LogP contribution in [0, 0.1) is 5.92 Å². The summed E-state index contributed by atoms with van der Waals surface area (Å²) in [6.07, 6.45) is 0.954. The van der Waals surface area contributed by atoms with Gasteiger partial charge in [-0.1, -0.05) is 26.3 Å². The molecule has 118 valence electrons. The highest BCUT2D eigenvalue weighted by atomic mass is 32.2. The van der Waals surface area contributed by atoms with Gasteiger partial charge >= 0.3 is 0 Å². The Kier molecular flexibility index (Phi) is 6.32. The first kappa shape index (κ1) is 17.6. The maximum absolute atomic E-state index is 12.0. The molecule has 1 unspecified atom stereocenters. The molecular formula is C14H22N2O4S. The predicted octanol–water partition coefficient (Wildman–Crippen LogP) is 1.26. The largest absolute Gasteiger partial charge is 0.380 e. The third-order valence-corrected chi connectivity index (χ3v) is 4.24. The van der Waals surface area contributed by atoms with E-state index >= 15 is 0 Å². The average molecular weight is 314 g/mol. The highest BCUT2D eigenvalue weighted by Crippen LogP contribution is 2.17. The molecule has 0 spiro atoms. The molecule has 3 N–H and O–H groups in total. The molecule has 21 heavy (non-hydrogen) atoms. The van der Waals surface area contributed by atoms with Crippen molar-refractivity contribution < 1.29 is 17.9 Å². The molecule has 0 heterocycles. The SMILES string of the molecule is CCC(C)CNC(=O)c1ccc(COC)c(S(N)(=O)=O)c1. The Morgan fingerprint density at radius 3 is 2.62 bits per heavy atom. The lowest BCUT2D eigenvalue weighted by atomic mass is 10.1. The first-order valence-electron chi connectivity index (χ1n) is 6.72. The van der Waals surface area contributed by atoms with Crippen LogP contribution >= 0.6 is 0 Å². The molecule has 1 aromatic carbocycles. The van der Waals surface area contributed by atoms with Crippen molar-refractivity contribution in [1.29, 1.82) is 0 Å². The van der Waals surface area contributed by atoms with Crippen LogP contribution in [-0.4, -0.2) is 28.0 Å². The number of carbonyl (C=O) groups is 1. The second kappa shape index (κ2) is 7.53. The Morgan fingerprint density at radius 2 is 2.10 bits per heavy atom. The number of hydrogen-bond donors (Lipinski definition) is 2. The predicted molar refractivity (Wildman–Crippen MR) is 80.3 cm³/mol. The number of nitrogens with two attached hydrogens (primary N) is 1. The Morgan fingerprint density at radius 1 is 1.43 bits per heavy atom. The summed E-state index contributed by atoms with van der Waals surface area (Å²) in [5.74, 6) is 0.0450. The second-order valence-electron chi connectivity index (χ2n) is 5.02. The first-order chi connectivity index (χ1) is 9.79. The van der Waals surface area contributed by atoms with Crippen molar-refractivity contribution in [2.75, 3.05) is 13.7 Å². The first-order valence-corrected chi connectivity index (χ1v) is 8.27. The van der Waals surface area contributed by atoms with Gasteiger partial charge < -0.3 is 10.1 Å². The number of hydrogen-bond acceptors (Lipinski definition) is 4. The molecule has 1 aromatic rings. The minimum absolute atomic E-state index is 0.0828. The lowest BCUT2D eigenvalue weighted by Crippen LogP contribution is -2.28. The van der Waals surface area contributed by atoms with Crippen LogP contribution in [0.4, 0.5) is 0 Å². The van der Waals surface area contributed by atoms with Gasteiger partial charge in [0, 0.05) is 19.2 Å². The maximum Gasteiger partial charge on any atom is 0.251 e. The Bertz CT molecular complexity index is 599. The number of rotatable bonds is 7. The fourth-order valence-electron chi connectivity index (χ4n) is 1.75. The van der Waals surface area contributed by atoms with Gasteiger partial charge in [-0.05, 0) is 23.6 Å². The molecule has 1 amide bonds. The monoisotopic (exact) mass is 314 g/mol. The summed E-state index contributed by atoms with van der Waals surface area (Å²) in [7, 11) is -2.45. The van der Waals surface area contributed by atoms with Crippen molar-refractivity contribution in [3.05, 3.63) is 29.3 Å². The summed E-state index contributed by atoms with van der Waals surface area (Å²) < 4.78 is 28.1. The van der Waals surface area contributed by atoms with E-state index in [4.69, 9.17) is 9.88 Å². The fourth-order valence-corrected chi connectivity index (χ4v) is 2.53. The van der Waals surface area contributed by atoms with E-state index in [2.05, 4.69) is 5.32 Å². The van der Waals surface area contributed by atoms with Crippen LogP contribution in [0.2, 0.25) is 0 Å². The Hall–Kier alpha value is -1.44. The van der Waals surface area contributed by atoms with Gasteiger partial charge in [-0.25, -0.2) is 13.6 Å². The van der Waals surface area contributed by atoms with E-state index in [9.17, 15) is 13.2 Å². The molecule has 0 aliphatic rings. The number of carbonyl (C=O) groups excluding carboxylic acids is 1. The second-order valence-corrected chi connectivity index (χ2v) is 6.55. The molecule has 0 aliphatic carbocycles. The number of methoxy groups -OCH3 is 1. The van der Waals surface area contributed by atoms with E-state index in [1.165, 1.54) is 13.2 Å². The van der Waals surface area contributed by atoms with Gasteiger partial charge in [-0.3, -0.25) is 4.79 Å². The normalized spacial score (nSPS) is 13.0. The number of sulfonamides is 1. The van der Waals surface area contributed by atoms with Gasteiger partial charge in [0.25, 0.3) is 5.91 Å². The minimum Gasteiger partial charge on any atom is -0.380 e. The Balaban J connectivity index is 3.02. The molecule has 0 aromatic heterocycles. The zero-order valence-corrected chi connectivity index (χ0v) is 13.4. The lowest BCUT2D eigenvalue weighted by Gasteiger charge is -2.12. The van der Waals surface area contributed by atoms with E-state index < -0.39 is 10.0 Å². The third kappa shape index (κ3) is 5.11. The summed E-state index contributed by atoms with van der Waals surface area (Å²) in [4.78, 5) is 12.0. The van der Waals surface area contributed by atoms with Crippen LogP contribution in [0.15, 0.2) is 23.1 Å². The highest BCUT2D eigenvalue weighted by Gasteiger charge is 2.17. The van der Waals surface area contributed by atoms with E-state index in [1.54, 1.807) is 12.1 Å². The number of nitrogens with one attached hydrogen (secondary N) is 1. The van der Waals surface area contributed by atoms with Gasteiger partial charge in [0.15, 0.2) is 0 Å². The van der Waals surface area contributed by atoms with Gasteiger partial charge in [0.2, 0.25) is 10.0 Å². The van der Waals surface area contributed by atoms with Crippen molar-refractivity contribution in [1.82, 2.24) is 5.32 Å². The van der Waals surface area contributed by atoms with Crippen molar-refractivity contribution in [3.8, 4) is 0 Å². The quantitative estimate of drug-likeness (QED) is 0.791. The Labute approximate surface area is 125 Å². The molecule has 0 radical (unpaired) electrons. The number of benzene rings is 1. The molecule has 0 saturated heterocycles. The molecule has 0 saturated carbocycles. The zero-order valence-electron chi connectivity index (χ0n) is 12.5. The van der Waals surface area contributed by atoms with Crippen molar-refractivity contribution in [2.45, 2.75) is 31.8 Å². The van der Waals surface area contributed by atoms with Crippen molar-refractivity contribution in [2.24, 2.45) is 11.1 Å². The van der Waals surface area contributed by atoms with Crippen LogP contribution in [0.3, 0.4) is 0 Å². The van der Waals surface area contributed by atoms with Crippen LogP contribution in [0.25, 0.3) is 0 Å².